The highest BCUT2D eigenvalue weighted by Crippen LogP contribution is 2.28. The Labute approximate surface area is 105 Å². The Hall–Kier alpha value is -1.69. The molecule has 1 fully saturated rings. The Morgan fingerprint density at radius 2 is 2.17 bits per heavy atom. The molecule has 0 aliphatic carbocycles. The molecule has 1 aliphatic rings. The second-order valence-electron chi connectivity index (χ2n) is 4.69. The summed E-state index contributed by atoms with van der Waals surface area (Å²) in [5.74, 6) is 1.56. The predicted octanol–water partition coefficient (Wildman–Crippen LogP) is 1.59. The van der Waals surface area contributed by atoms with E-state index in [1.165, 1.54) is 0 Å². The molecule has 0 amide bonds. The molecule has 3 rings (SSSR count). The van der Waals surface area contributed by atoms with Gasteiger partial charge in [0.25, 0.3) is 5.89 Å². The van der Waals surface area contributed by atoms with Crippen molar-refractivity contribution in [2.24, 2.45) is 7.05 Å². The standard InChI is InChI=1S/C12H16N4O2/c1-7-10(8(2)16(3)14-7)12-13-11(15-18-12)9-4-5-17-6-9/h9H,4-6H2,1-3H3. The van der Waals surface area contributed by atoms with Gasteiger partial charge in [0.1, 0.15) is 0 Å². The van der Waals surface area contributed by atoms with Gasteiger partial charge in [0, 0.05) is 25.3 Å². The van der Waals surface area contributed by atoms with Crippen molar-refractivity contribution in [1.82, 2.24) is 19.9 Å². The zero-order chi connectivity index (χ0) is 12.7. The fourth-order valence-electron chi connectivity index (χ4n) is 2.32. The van der Waals surface area contributed by atoms with E-state index < -0.39 is 0 Å². The summed E-state index contributed by atoms with van der Waals surface area (Å²) in [6.45, 7) is 5.41. The van der Waals surface area contributed by atoms with Crippen molar-refractivity contribution in [3.63, 3.8) is 0 Å². The van der Waals surface area contributed by atoms with E-state index in [9.17, 15) is 0 Å². The first-order chi connectivity index (χ1) is 8.66. The lowest BCUT2D eigenvalue weighted by Crippen LogP contribution is -1.99. The lowest BCUT2D eigenvalue weighted by Gasteiger charge is -1.98. The third-order valence-corrected chi connectivity index (χ3v) is 3.46. The molecule has 96 valence electrons. The van der Waals surface area contributed by atoms with Crippen molar-refractivity contribution in [3.05, 3.63) is 17.2 Å². The van der Waals surface area contributed by atoms with Gasteiger partial charge in [0.05, 0.1) is 17.9 Å². The van der Waals surface area contributed by atoms with Crippen LogP contribution in [0.4, 0.5) is 0 Å². The number of hydrogen-bond donors (Lipinski definition) is 0. The van der Waals surface area contributed by atoms with Gasteiger partial charge in [0.2, 0.25) is 0 Å². The molecule has 6 nitrogen and oxygen atoms in total. The molecule has 2 aromatic heterocycles. The number of hydrogen-bond acceptors (Lipinski definition) is 5. The van der Waals surface area contributed by atoms with Gasteiger partial charge < -0.3 is 9.26 Å². The summed E-state index contributed by atoms with van der Waals surface area (Å²) < 4.78 is 12.5. The van der Waals surface area contributed by atoms with E-state index in [-0.39, 0.29) is 5.92 Å². The third-order valence-electron chi connectivity index (χ3n) is 3.46. The number of aromatic nitrogens is 4. The van der Waals surface area contributed by atoms with Crippen molar-refractivity contribution < 1.29 is 9.26 Å². The van der Waals surface area contributed by atoms with Gasteiger partial charge in [-0.3, -0.25) is 4.68 Å². The minimum Gasteiger partial charge on any atom is -0.381 e. The van der Waals surface area contributed by atoms with Crippen molar-refractivity contribution in [1.29, 1.82) is 0 Å². The smallest absolute Gasteiger partial charge is 0.261 e. The van der Waals surface area contributed by atoms with Gasteiger partial charge in [-0.2, -0.15) is 10.1 Å². The Morgan fingerprint density at radius 1 is 1.33 bits per heavy atom. The van der Waals surface area contributed by atoms with Crippen molar-refractivity contribution in [2.45, 2.75) is 26.2 Å². The maximum absolute atomic E-state index is 5.37. The topological polar surface area (TPSA) is 66.0 Å². The zero-order valence-corrected chi connectivity index (χ0v) is 10.8. The van der Waals surface area contributed by atoms with Gasteiger partial charge in [-0.1, -0.05) is 5.16 Å². The van der Waals surface area contributed by atoms with Gasteiger partial charge in [-0.15, -0.1) is 0 Å². The SMILES string of the molecule is Cc1nn(C)c(C)c1-c1nc(C2CCOC2)no1. The molecular weight excluding hydrogens is 232 g/mol. The van der Waals surface area contributed by atoms with E-state index in [0.29, 0.717) is 12.5 Å². The van der Waals surface area contributed by atoms with E-state index in [2.05, 4.69) is 15.2 Å². The first-order valence-corrected chi connectivity index (χ1v) is 6.08. The Bertz CT molecular complexity index is 567. The van der Waals surface area contributed by atoms with Crippen LogP contribution in [0, 0.1) is 13.8 Å². The Balaban J connectivity index is 1.97. The zero-order valence-electron chi connectivity index (χ0n) is 10.8. The average molecular weight is 248 g/mol. The van der Waals surface area contributed by atoms with Gasteiger partial charge >= 0.3 is 0 Å². The molecule has 0 radical (unpaired) electrons. The van der Waals surface area contributed by atoms with E-state index in [1.54, 1.807) is 0 Å². The molecule has 6 heteroatoms. The van der Waals surface area contributed by atoms with Crippen LogP contribution in [0.25, 0.3) is 11.5 Å². The van der Waals surface area contributed by atoms with Gasteiger partial charge in [-0.05, 0) is 20.3 Å². The lowest BCUT2D eigenvalue weighted by molar-refractivity contribution is 0.192. The average Bonchev–Trinajstić information content (AvgIpc) is 3.01. The van der Waals surface area contributed by atoms with Crippen LogP contribution in [0.15, 0.2) is 4.52 Å². The van der Waals surface area contributed by atoms with Crippen LogP contribution in [0.3, 0.4) is 0 Å². The summed E-state index contributed by atoms with van der Waals surface area (Å²) >= 11 is 0. The van der Waals surface area contributed by atoms with E-state index in [1.807, 2.05) is 25.6 Å². The fraction of sp³-hybridized carbons (Fsp3) is 0.583. The minimum atomic E-state index is 0.264. The summed E-state index contributed by atoms with van der Waals surface area (Å²) in [4.78, 5) is 4.49. The van der Waals surface area contributed by atoms with Crippen LogP contribution in [0.1, 0.15) is 29.6 Å². The highest BCUT2D eigenvalue weighted by atomic mass is 16.5. The summed E-state index contributed by atoms with van der Waals surface area (Å²) in [7, 11) is 1.91. The van der Waals surface area contributed by atoms with Crippen LogP contribution < -0.4 is 0 Å². The molecule has 0 spiro atoms. The normalized spacial score (nSPS) is 19.6. The molecule has 0 bridgehead atoms. The highest BCUT2D eigenvalue weighted by molar-refractivity contribution is 5.59. The molecule has 1 aliphatic heterocycles. The van der Waals surface area contributed by atoms with Crippen LogP contribution in [0.5, 0.6) is 0 Å². The van der Waals surface area contributed by atoms with Crippen LogP contribution >= 0.6 is 0 Å². The number of ether oxygens (including phenoxy) is 1. The number of aryl methyl sites for hydroxylation is 2. The van der Waals surface area contributed by atoms with Crippen molar-refractivity contribution in [3.8, 4) is 11.5 Å². The monoisotopic (exact) mass is 248 g/mol. The fourth-order valence-corrected chi connectivity index (χ4v) is 2.32. The minimum absolute atomic E-state index is 0.264. The van der Waals surface area contributed by atoms with Crippen molar-refractivity contribution in [2.75, 3.05) is 13.2 Å². The van der Waals surface area contributed by atoms with Crippen molar-refractivity contribution >= 4 is 0 Å². The molecule has 0 saturated carbocycles. The summed E-state index contributed by atoms with van der Waals surface area (Å²) in [6.07, 6.45) is 0.962. The maximum atomic E-state index is 5.37. The van der Waals surface area contributed by atoms with E-state index in [4.69, 9.17) is 9.26 Å². The quantitative estimate of drug-likeness (QED) is 0.807. The van der Waals surface area contributed by atoms with Crippen LogP contribution in [0.2, 0.25) is 0 Å². The van der Waals surface area contributed by atoms with Crippen LogP contribution in [-0.4, -0.2) is 33.1 Å². The number of rotatable bonds is 2. The Morgan fingerprint density at radius 3 is 2.78 bits per heavy atom. The predicted molar refractivity (Wildman–Crippen MR) is 64.2 cm³/mol. The molecule has 0 N–H and O–H groups in total. The number of nitrogens with zero attached hydrogens (tertiary/aromatic N) is 4. The first kappa shape index (κ1) is 11.4. The summed E-state index contributed by atoms with van der Waals surface area (Å²) in [6, 6.07) is 0. The van der Waals surface area contributed by atoms with E-state index in [0.717, 1.165) is 35.8 Å². The molecule has 1 saturated heterocycles. The molecule has 1 unspecified atom stereocenters. The maximum Gasteiger partial charge on any atom is 0.261 e. The second kappa shape index (κ2) is 4.20. The summed E-state index contributed by atoms with van der Waals surface area (Å²) in [5.41, 5.74) is 2.88. The first-order valence-electron chi connectivity index (χ1n) is 6.08. The molecule has 3 heterocycles. The molecular formula is C12H16N4O2. The Kier molecular flexibility index (Phi) is 2.66. The van der Waals surface area contributed by atoms with Gasteiger partial charge in [0.15, 0.2) is 5.82 Å². The van der Waals surface area contributed by atoms with E-state index >= 15 is 0 Å². The van der Waals surface area contributed by atoms with Gasteiger partial charge in [-0.25, -0.2) is 0 Å². The molecule has 2 aromatic rings. The molecule has 18 heavy (non-hydrogen) atoms. The van der Waals surface area contributed by atoms with Crippen LogP contribution in [-0.2, 0) is 11.8 Å². The lowest BCUT2D eigenvalue weighted by atomic mass is 10.1. The second-order valence-corrected chi connectivity index (χ2v) is 4.69. The largest absolute Gasteiger partial charge is 0.381 e. The highest BCUT2D eigenvalue weighted by Gasteiger charge is 2.25. The summed E-state index contributed by atoms with van der Waals surface area (Å²) in [5, 5.41) is 8.42. The third kappa shape index (κ3) is 1.73. The molecule has 0 aromatic carbocycles. The molecule has 1 atom stereocenters.